The van der Waals surface area contributed by atoms with Crippen molar-refractivity contribution in [3.63, 3.8) is 0 Å². The second-order valence-electron chi connectivity index (χ2n) is 5.06. The standard InChI is InChI=1S/C14H9ClF3N3O3S/c15-7-1-2-8-10(5-7)19-6-11(8)25(23,24)21-9-3-4-12(14(16,17)18)20-13(9)22/h1-6,19,21H,(H,20,22). The van der Waals surface area contributed by atoms with Crippen LogP contribution in [0.1, 0.15) is 5.69 Å². The average molecular weight is 392 g/mol. The molecule has 0 aliphatic carbocycles. The Morgan fingerprint density at radius 2 is 1.84 bits per heavy atom. The summed E-state index contributed by atoms with van der Waals surface area (Å²) in [4.78, 5) is 15.9. The Bertz CT molecular complexity index is 1120. The third-order valence-electron chi connectivity index (χ3n) is 3.35. The Morgan fingerprint density at radius 3 is 2.48 bits per heavy atom. The van der Waals surface area contributed by atoms with E-state index in [1.807, 2.05) is 4.72 Å². The van der Waals surface area contributed by atoms with E-state index in [0.717, 1.165) is 6.07 Å². The molecule has 0 aliphatic heterocycles. The lowest BCUT2D eigenvalue weighted by Crippen LogP contribution is -2.22. The van der Waals surface area contributed by atoms with Crippen LogP contribution >= 0.6 is 11.6 Å². The second-order valence-corrected chi connectivity index (χ2v) is 7.15. The van der Waals surface area contributed by atoms with E-state index >= 15 is 0 Å². The first kappa shape index (κ1) is 17.4. The Labute approximate surface area is 143 Å². The van der Waals surface area contributed by atoms with Gasteiger partial charge in [0.25, 0.3) is 15.6 Å². The van der Waals surface area contributed by atoms with Gasteiger partial charge in [-0.1, -0.05) is 11.6 Å². The van der Waals surface area contributed by atoms with Crippen molar-refractivity contribution in [3.8, 4) is 0 Å². The molecule has 25 heavy (non-hydrogen) atoms. The number of hydrogen-bond acceptors (Lipinski definition) is 3. The van der Waals surface area contributed by atoms with Gasteiger partial charge in [-0.3, -0.25) is 9.52 Å². The maximum absolute atomic E-state index is 12.5. The molecular formula is C14H9ClF3N3O3S. The minimum atomic E-state index is -4.74. The lowest BCUT2D eigenvalue weighted by Gasteiger charge is -2.09. The van der Waals surface area contributed by atoms with Crippen LogP contribution in [0.5, 0.6) is 0 Å². The van der Waals surface area contributed by atoms with Gasteiger partial charge < -0.3 is 9.97 Å². The van der Waals surface area contributed by atoms with Gasteiger partial charge in [0.1, 0.15) is 16.3 Å². The van der Waals surface area contributed by atoms with Crippen LogP contribution in [0.3, 0.4) is 0 Å². The van der Waals surface area contributed by atoms with Gasteiger partial charge in [0, 0.05) is 22.1 Å². The highest BCUT2D eigenvalue weighted by Gasteiger charge is 2.32. The van der Waals surface area contributed by atoms with Crippen molar-refractivity contribution in [1.29, 1.82) is 0 Å². The van der Waals surface area contributed by atoms with Gasteiger partial charge in [-0.25, -0.2) is 8.42 Å². The molecule has 3 N–H and O–H groups in total. The van der Waals surface area contributed by atoms with E-state index < -0.39 is 33.1 Å². The first-order valence-corrected chi connectivity index (χ1v) is 8.54. The molecule has 0 aliphatic rings. The van der Waals surface area contributed by atoms with Crippen molar-refractivity contribution in [2.24, 2.45) is 0 Å². The number of aromatic amines is 2. The molecular weight excluding hydrogens is 383 g/mol. The summed E-state index contributed by atoms with van der Waals surface area (Å²) >= 11 is 5.82. The summed E-state index contributed by atoms with van der Waals surface area (Å²) in [5.74, 6) is 0. The lowest BCUT2D eigenvalue weighted by atomic mass is 10.2. The first-order valence-electron chi connectivity index (χ1n) is 6.68. The van der Waals surface area contributed by atoms with Crippen LogP contribution in [-0.4, -0.2) is 18.4 Å². The Morgan fingerprint density at radius 1 is 1.12 bits per heavy atom. The quantitative estimate of drug-likeness (QED) is 0.639. The molecule has 0 spiro atoms. The predicted molar refractivity (Wildman–Crippen MR) is 86.2 cm³/mol. The normalized spacial score (nSPS) is 12.5. The number of halogens is 4. The van der Waals surface area contributed by atoms with Crippen LogP contribution in [0.25, 0.3) is 10.9 Å². The number of hydrogen-bond donors (Lipinski definition) is 3. The summed E-state index contributed by atoms with van der Waals surface area (Å²) in [6, 6.07) is 5.81. The average Bonchev–Trinajstić information content (AvgIpc) is 2.91. The number of fused-ring (bicyclic) bond motifs is 1. The first-order chi connectivity index (χ1) is 11.6. The monoisotopic (exact) mass is 391 g/mol. The molecule has 0 saturated heterocycles. The number of nitrogens with one attached hydrogen (secondary N) is 3. The number of benzene rings is 1. The van der Waals surface area contributed by atoms with Crippen LogP contribution in [0.4, 0.5) is 18.9 Å². The van der Waals surface area contributed by atoms with Gasteiger partial charge in [-0.05, 0) is 30.3 Å². The molecule has 2 heterocycles. The maximum Gasteiger partial charge on any atom is 0.431 e. The summed E-state index contributed by atoms with van der Waals surface area (Å²) in [5, 5.41) is 0.714. The molecule has 0 amide bonds. The number of H-pyrrole nitrogens is 2. The van der Waals surface area contributed by atoms with E-state index in [2.05, 4.69) is 4.98 Å². The molecule has 3 rings (SSSR count). The number of aromatic nitrogens is 2. The van der Waals surface area contributed by atoms with Crippen molar-refractivity contribution in [2.75, 3.05) is 4.72 Å². The molecule has 132 valence electrons. The zero-order valence-electron chi connectivity index (χ0n) is 12.1. The van der Waals surface area contributed by atoms with Crippen LogP contribution in [0, 0.1) is 0 Å². The molecule has 0 saturated carbocycles. The van der Waals surface area contributed by atoms with E-state index in [4.69, 9.17) is 11.6 Å². The van der Waals surface area contributed by atoms with Crippen LogP contribution in [0.2, 0.25) is 5.02 Å². The summed E-state index contributed by atoms with van der Waals surface area (Å²) in [7, 11) is -4.21. The van der Waals surface area contributed by atoms with E-state index in [9.17, 15) is 26.4 Å². The topological polar surface area (TPSA) is 94.8 Å². The van der Waals surface area contributed by atoms with E-state index in [1.165, 1.54) is 24.4 Å². The highest BCUT2D eigenvalue weighted by molar-refractivity contribution is 7.93. The van der Waals surface area contributed by atoms with Crippen LogP contribution < -0.4 is 10.3 Å². The fraction of sp³-hybridized carbons (Fsp3) is 0.0714. The van der Waals surface area contributed by atoms with Gasteiger partial charge in [-0.15, -0.1) is 0 Å². The molecule has 11 heteroatoms. The summed E-state index contributed by atoms with van der Waals surface area (Å²) in [6.45, 7) is 0. The highest BCUT2D eigenvalue weighted by atomic mass is 35.5. The second kappa shape index (κ2) is 5.81. The highest BCUT2D eigenvalue weighted by Crippen LogP contribution is 2.28. The van der Waals surface area contributed by atoms with Crippen molar-refractivity contribution in [2.45, 2.75) is 11.1 Å². The van der Waals surface area contributed by atoms with E-state index in [-0.39, 0.29) is 4.90 Å². The molecule has 1 aromatic carbocycles. The van der Waals surface area contributed by atoms with Gasteiger partial charge in [0.15, 0.2) is 0 Å². The minimum Gasteiger partial charge on any atom is -0.360 e. The zero-order chi connectivity index (χ0) is 18.4. The number of rotatable bonds is 3. The molecule has 0 fully saturated rings. The lowest BCUT2D eigenvalue weighted by molar-refractivity contribution is -0.141. The molecule has 3 aromatic rings. The Balaban J connectivity index is 2.00. The molecule has 2 aromatic heterocycles. The van der Waals surface area contributed by atoms with Crippen molar-refractivity contribution in [3.05, 3.63) is 57.6 Å². The Hall–Kier alpha value is -2.46. The fourth-order valence-electron chi connectivity index (χ4n) is 2.21. The molecule has 0 radical (unpaired) electrons. The minimum absolute atomic E-state index is 0.168. The zero-order valence-corrected chi connectivity index (χ0v) is 13.7. The van der Waals surface area contributed by atoms with E-state index in [1.54, 1.807) is 4.98 Å². The van der Waals surface area contributed by atoms with Gasteiger partial charge >= 0.3 is 6.18 Å². The fourth-order valence-corrected chi connectivity index (χ4v) is 3.63. The Kier molecular flexibility index (Phi) is 4.04. The van der Waals surface area contributed by atoms with Crippen molar-refractivity contribution >= 4 is 38.2 Å². The SMILES string of the molecule is O=c1[nH]c(C(F)(F)F)ccc1NS(=O)(=O)c1c[nH]c2cc(Cl)ccc12. The number of anilines is 1. The third kappa shape index (κ3) is 3.35. The predicted octanol–water partition coefficient (Wildman–Crippen LogP) is 3.33. The van der Waals surface area contributed by atoms with Crippen LogP contribution in [0.15, 0.2) is 46.2 Å². The van der Waals surface area contributed by atoms with Gasteiger partial charge in [-0.2, -0.15) is 13.2 Å². The van der Waals surface area contributed by atoms with Crippen LogP contribution in [-0.2, 0) is 16.2 Å². The number of pyridine rings is 1. The van der Waals surface area contributed by atoms with Gasteiger partial charge in [0.05, 0.1) is 0 Å². The summed E-state index contributed by atoms with van der Waals surface area (Å²) in [5.41, 5.74) is -2.56. The number of alkyl halides is 3. The third-order valence-corrected chi connectivity index (χ3v) is 5.00. The van der Waals surface area contributed by atoms with Crippen molar-refractivity contribution < 1.29 is 21.6 Å². The van der Waals surface area contributed by atoms with Crippen molar-refractivity contribution in [1.82, 2.24) is 9.97 Å². The smallest absolute Gasteiger partial charge is 0.360 e. The van der Waals surface area contributed by atoms with E-state index in [0.29, 0.717) is 22.0 Å². The summed E-state index contributed by atoms with van der Waals surface area (Å²) < 4.78 is 64.5. The number of sulfonamides is 1. The molecule has 0 atom stereocenters. The maximum atomic E-state index is 12.5. The largest absolute Gasteiger partial charge is 0.431 e. The molecule has 0 bridgehead atoms. The summed E-state index contributed by atoms with van der Waals surface area (Å²) in [6.07, 6.45) is -3.55. The molecule has 6 nitrogen and oxygen atoms in total. The molecule has 0 unspecified atom stereocenters. The van der Waals surface area contributed by atoms with Gasteiger partial charge in [0.2, 0.25) is 0 Å².